The van der Waals surface area contributed by atoms with Gasteiger partial charge in [-0.1, -0.05) is 78.3 Å². The van der Waals surface area contributed by atoms with E-state index in [1.807, 2.05) is 48.5 Å². The number of fused-ring (bicyclic) bond motifs is 1. The van der Waals surface area contributed by atoms with Gasteiger partial charge >= 0.3 is 0 Å². The lowest BCUT2D eigenvalue weighted by Gasteiger charge is -2.25. The zero-order valence-corrected chi connectivity index (χ0v) is 24.3. The molecule has 0 spiro atoms. The highest BCUT2D eigenvalue weighted by atomic mass is 35.5. The molecule has 0 saturated carbocycles. The van der Waals surface area contributed by atoms with E-state index >= 15 is 0 Å². The number of hydrazone groups is 1. The fraction of sp³-hybridized carbons (Fsp3) is 0.0909. The van der Waals surface area contributed by atoms with E-state index in [-0.39, 0.29) is 4.90 Å². The van der Waals surface area contributed by atoms with E-state index in [2.05, 4.69) is 28.7 Å². The number of carbonyl (C=O) groups is 1. The molecule has 5 rings (SSSR count). The Labute approximate surface area is 250 Å². The summed E-state index contributed by atoms with van der Waals surface area (Å²) in [6.07, 6.45) is 1.48. The predicted octanol–water partition coefficient (Wildman–Crippen LogP) is 6.73. The molecule has 0 fully saturated rings. The summed E-state index contributed by atoms with van der Waals surface area (Å²) in [6, 6.07) is 34.4. The first kappa shape index (κ1) is 28.9. The number of nitrogens with one attached hydrogen (secondary N) is 1. The van der Waals surface area contributed by atoms with Crippen molar-refractivity contribution in [3.05, 3.63) is 137 Å². The second kappa shape index (κ2) is 12.9. The van der Waals surface area contributed by atoms with Gasteiger partial charge in [0.25, 0.3) is 15.9 Å². The third-order valence-corrected chi connectivity index (χ3v) is 8.87. The van der Waals surface area contributed by atoms with Gasteiger partial charge in [-0.2, -0.15) is 5.10 Å². The minimum Gasteiger partial charge on any atom is -0.489 e. The van der Waals surface area contributed by atoms with Crippen LogP contribution in [0.5, 0.6) is 5.75 Å². The molecule has 0 aliphatic rings. The van der Waals surface area contributed by atoms with Crippen LogP contribution >= 0.6 is 11.6 Å². The summed E-state index contributed by atoms with van der Waals surface area (Å²) in [5, 5.41) is 6.74. The van der Waals surface area contributed by atoms with E-state index in [1.165, 1.54) is 18.3 Å². The zero-order valence-electron chi connectivity index (χ0n) is 22.8. The molecule has 0 radical (unpaired) electrons. The van der Waals surface area contributed by atoms with Crippen molar-refractivity contribution in [3.8, 4) is 5.75 Å². The van der Waals surface area contributed by atoms with Crippen LogP contribution in [0.25, 0.3) is 10.8 Å². The molecule has 5 aromatic carbocycles. The molecule has 9 heteroatoms. The topological polar surface area (TPSA) is 88.1 Å². The molecule has 212 valence electrons. The largest absolute Gasteiger partial charge is 0.489 e. The highest BCUT2D eigenvalue weighted by molar-refractivity contribution is 7.92. The van der Waals surface area contributed by atoms with Gasteiger partial charge in [-0.3, -0.25) is 9.10 Å². The van der Waals surface area contributed by atoms with Gasteiger partial charge in [0.2, 0.25) is 0 Å². The van der Waals surface area contributed by atoms with Gasteiger partial charge in [0.05, 0.1) is 16.8 Å². The van der Waals surface area contributed by atoms with Crippen LogP contribution in [0.15, 0.2) is 125 Å². The van der Waals surface area contributed by atoms with Gasteiger partial charge < -0.3 is 4.74 Å². The number of rotatable bonds is 10. The number of carbonyl (C=O) groups excluding carboxylic acids is 1. The molecule has 42 heavy (non-hydrogen) atoms. The molecule has 5 aromatic rings. The Balaban J connectivity index is 1.24. The van der Waals surface area contributed by atoms with Gasteiger partial charge in [0, 0.05) is 5.02 Å². The molecule has 0 saturated heterocycles. The first-order chi connectivity index (χ1) is 20.3. The van der Waals surface area contributed by atoms with Gasteiger partial charge in [-0.15, -0.1) is 0 Å². The number of sulfonamides is 1. The summed E-state index contributed by atoms with van der Waals surface area (Å²) >= 11 is 6.27. The van der Waals surface area contributed by atoms with Gasteiger partial charge in [-0.05, 0) is 82.9 Å². The molecule has 0 bridgehead atoms. The average Bonchev–Trinajstić information content (AvgIpc) is 3.01. The SMILES string of the molecule is Cc1c(Cl)cccc1N(CC(=O)NN=Cc1ccc(OCc2cccc3ccccc23)cc1)S(=O)(=O)c1ccccc1. The highest BCUT2D eigenvalue weighted by Crippen LogP contribution is 2.30. The molecule has 0 unspecified atom stereocenters. The van der Waals surface area contributed by atoms with Crippen molar-refractivity contribution < 1.29 is 17.9 Å². The van der Waals surface area contributed by atoms with Crippen LogP contribution in [-0.4, -0.2) is 27.1 Å². The van der Waals surface area contributed by atoms with Crippen molar-refractivity contribution in [2.75, 3.05) is 10.8 Å². The van der Waals surface area contributed by atoms with Gasteiger partial charge in [0.1, 0.15) is 18.9 Å². The molecular formula is C33H28ClN3O4S. The molecule has 1 N–H and O–H groups in total. The minimum absolute atomic E-state index is 0.0587. The van der Waals surface area contributed by atoms with Crippen LogP contribution < -0.4 is 14.5 Å². The summed E-state index contributed by atoms with van der Waals surface area (Å²) in [5.41, 5.74) is 5.10. The number of anilines is 1. The number of hydrogen-bond donors (Lipinski definition) is 1. The summed E-state index contributed by atoms with van der Waals surface area (Å²) in [5.74, 6) is 0.0861. The van der Waals surface area contributed by atoms with Crippen LogP contribution in [0, 0.1) is 6.92 Å². The van der Waals surface area contributed by atoms with Crippen molar-refractivity contribution in [2.24, 2.45) is 5.10 Å². The van der Waals surface area contributed by atoms with Crippen molar-refractivity contribution in [3.63, 3.8) is 0 Å². The predicted molar refractivity (Wildman–Crippen MR) is 168 cm³/mol. The van der Waals surface area contributed by atoms with Crippen LogP contribution in [0.3, 0.4) is 0 Å². The molecule has 0 heterocycles. The third-order valence-electron chi connectivity index (χ3n) is 6.68. The molecular weight excluding hydrogens is 570 g/mol. The standard InChI is InChI=1S/C33H28ClN3O4S/c1-24-31(34)15-8-16-32(24)37(42(39,40)29-12-3-2-4-13-29)22-33(38)36-35-21-25-17-19-28(20-18-25)41-23-27-11-7-10-26-9-5-6-14-30(26)27/h2-21H,22-23H2,1H3,(H,36,38). The third kappa shape index (κ3) is 6.62. The number of benzene rings is 5. The second-order valence-electron chi connectivity index (χ2n) is 9.50. The zero-order chi connectivity index (χ0) is 29.5. The Kier molecular flexibility index (Phi) is 8.85. The Bertz CT molecular complexity index is 1840. The molecule has 0 aliphatic carbocycles. The van der Waals surface area contributed by atoms with E-state index in [4.69, 9.17) is 16.3 Å². The van der Waals surface area contributed by atoms with E-state index in [0.717, 1.165) is 26.2 Å². The van der Waals surface area contributed by atoms with Crippen LogP contribution in [0.4, 0.5) is 5.69 Å². The summed E-state index contributed by atoms with van der Waals surface area (Å²) in [4.78, 5) is 12.9. The van der Waals surface area contributed by atoms with Gasteiger partial charge in [-0.25, -0.2) is 13.8 Å². The Morgan fingerprint density at radius 1 is 0.881 bits per heavy atom. The van der Waals surface area contributed by atoms with Crippen LogP contribution in [-0.2, 0) is 21.4 Å². The second-order valence-corrected chi connectivity index (χ2v) is 11.8. The monoisotopic (exact) mass is 597 g/mol. The molecule has 0 aromatic heterocycles. The smallest absolute Gasteiger partial charge is 0.264 e. The summed E-state index contributed by atoms with van der Waals surface area (Å²) in [7, 11) is -4.06. The normalized spacial score (nSPS) is 11.5. The van der Waals surface area contributed by atoms with Crippen molar-refractivity contribution in [2.45, 2.75) is 18.4 Å². The Morgan fingerprint density at radius 3 is 2.36 bits per heavy atom. The number of nitrogens with zero attached hydrogens (tertiary/aromatic N) is 2. The number of hydrogen-bond acceptors (Lipinski definition) is 5. The average molecular weight is 598 g/mol. The molecule has 0 atom stereocenters. The Hall–Kier alpha value is -4.66. The first-order valence-corrected chi connectivity index (χ1v) is 15.0. The van der Waals surface area contributed by atoms with E-state index in [1.54, 1.807) is 43.3 Å². The molecule has 1 amide bonds. The maximum atomic E-state index is 13.5. The van der Waals surface area contributed by atoms with Crippen molar-refractivity contribution in [1.29, 1.82) is 0 Å². The van der Waals surface area contributed by atoms with Crippen LogP contribution in [0.2, 0.25) is 5.02 Å². The fourth-order valence-corrected chi connectivity index (χ4v) is 6.13. The number of halogens is 1. The maximum Gasteiger partial charge on any atom is 0.264 e. The summed E-state index contributed by atoms with van der Waals surface area (Å²) in [6.45, 7) is 1.65. The molecule has 0 aliphatic heterocycles. The fourth-order valence-electron chi connectivity index (χ4n) is 4.46. The first-order valence-electron chi connectivity index (χ1n) is 13.2. The maximum absolute atomic E-state index is 13.5. The minimum atomic E-state index is -4.06. The molecule has 7 nitrogen and oxygen atoms in total. The van der Waals surface area contributed by atoms with E-state index in [9.17, 15) is 13.2 Å². The van der Waals surface area contributed by atoms with E-state index < -0.39 is 22.5 Å². The lowest BCUT2D eigenvalue weighted by atomic mass is 10.1. The number of ether oxygens (including phenoxy) is 1. The number of amides is 1. The lowest BCUT2D eigenvalue weighted by molar-refractivity contribution is -0.119. The van der Waals surface area contributed by atoms with Gasteiger partial charge in [0.15, 0.2) is 0 Å². The Morgan fingerprint density at radius 2 is 1.57 bits per heavy atom. The summed E-state index contributed by atoms with van der Waals surface area (Å²) < 4.78 is 34.1. The van der Waals surface area contributed by atoms with Crippen molar-refractivity contribution >= 4 is 50.2 Å². The highest BCUT2D eigenvalue weighted by Gasteiger charge is 2.28. The van der Waals surface area contributed by atoms with Crippen molar-refractivity contribution in [1.82, 2.24) is 5.43 Å². The van der Waals surface area contributed by atoms with Crippen LogP contribution in [0.1, 0.15) is 16.7 Å². The van der Waals surface area contributed by atoms with E-state index in [0.29, 0.717) is 28.6 Å². The quantitative estimate of drug-likeness (QED) is 0.143. The lowest BCUT2D eigenvalue weighted by Crippen LogP contribution is -2.40.